The van der Waals surface area contributed by atoms with E-state index in [2.05, 4.69) is 20.8 Å². The van der Waals surface area contributed by atoms with Gasteiger partial charge in [0.05, 0.1) is 25.0 Å². The topological polar surface area (TPSA) is 108 Å². The van der Waals surface area contributed by atoms with Gasteiger partial charge in [0.15, 0.2) is 5.82 Å². The molecule has 1 amide bonds. The van der Waals surface area contributed by atoms with Crippen molar-refractivity contribution < 1.29 is 19.1 Å². The van der Waals surface area contributed by atoms with Crippen LogP contribution >= 0.6 is 0 Å². The lowest BCUT2D eigenvalue weighted by Gasteiger charge is -2.36. The van der Waals surface area contributed by atoms with Gasteiger partial charge in [-0.3, -0.25) is 0 Å². The zero-order valence-electron chi connectivity index (χ0n) is 15.5. The lowest BCUT2D eigenvalue weighted by Crippen LogP contribution is -2.49. The van der Waals surface area contributed by atoms with E-state index in [9.17, 15) is 9.59 Å². The highest BCUT2D eigenvalue weighted by molar-refractivity contribution is 5.93. The third-order valence-corrected chi connectivity index (χ3v) is 4.76. The molecule has 0 spiro atoms. The van der Waals surface area contributed by atoms with Crippen molar-refractivity contribution in [2.45, 2.75) is 44.6 Å². The molecule has 0 radical (unpaired) electrons. The predicted molar refractivity (Wildman–Crippen MR) is 95.4 cm³/mol. The van der Waals surface area contributed by atoms with Crippen LogP contribution in [0, 0.1) is 0 Å². The minimum Gasteiger partial charge on any atom is -0.465 e. The highest BCUT2D eigenvalue weighted by Crippen LogP contribution is 2.37. The van der Waals surface area contributed by atoms with Crippen LogP contribution in [0.3, 0.4) is 0 Å². The van der Waals surface area contributed by atoms with Crippen molar-refractivity contribution in [3.63, 3.8) is 0 Å². The summed E-state index contributed by atoms with van der Waals surface area (Å²) >= 11 is 0. The van der Waals surface area contributed by atoms with Gasteiger partial charge < -0.3 is 14.8 Å². The van der Waals surface area contributed by atoms with Crippen LogP contribution in [0.5, 0.6) is 0 Å². The summed E-state index contributed by atoms with van der Waals surface area (Å²) < 4.78 is 11.5. The second-order valence-corrected chi connectivity index (χ2v) is 6.41. The molecule has 9 heteroatoms. The largest absolute Gasteiger partial charge is 0.465 e. The van der Waals surface area contributed by atoms with Crippen LogP contribution in [0.2, 0.25) is 0 Å². The number of hydrogen-bond donors (Lipinski definition) is 1. The summed E-state index contributed by atoms with van der Waals surface area (Å²) in [4.78, 5) is 24.4. The Labute approximate surface area is 157 Å². The van der Waals surface area contributed by atoms with E-state index in [1.807, 2.05) is 0 Å². The molecule has 1 aliphatic rings. The molecule has 1 heterocycles. The molecule has 1 aromatic carbocycles. The van der Waals surface area contributed by atoms with E-state index in [1.165, 1.54) is 11.8 Å². The van der Waals surface area contributed by atoms with Crippen molar-refractivity contribution in [1.29, 1.82) is 0 Å². The number of tetrazole rings is 1. The molecular weight excluding hydrogens is 350 g/mol. The molecule has 1 N–H and O–H groups in total. The number of amides is 1. The van der Waals surface area contributed by atoms with Gasteiger partial charge in [0.25, 0.3) is 0 Å². The van der Waals surface area contributed by atoms with Crippen LogP contribution in [-0.4, -0.2) is 46.0 Å². The quantitative estimate of drug-likeness (QED) is 0.801. The smallest absolute Gasteiger partial charge is 0.407 e. The first-order chi connectivity index (χ1) is 13.1. The molecule has 2 aromatic rings. The van der Waals surface area contributed by atoms with Crippen LogP contribution in [0.15, 0.2) is 24.3 Å². The Bertz CT molecular complexity index is 814. The molecule has 27 heavy (non-hydrogen) atoms. The third-order valence-electron chi connectivity index (χ3n) is 4.76. The highest BCUT2D eigenvalue weighted by Gasteiger charge is 2.41. The van der Waals surface area contributed by atoms with Crippen LogP contribution in [0.25, 0.3) is 5.69 Å². The van der Waals surface area contributed by atoms with Crippen molar-refractivity contribution in [2.75, 3.05) is 13.7 Å². The van der Waals surface area contributed by atoms with E-state index in [0.29, 0.717) is 29.9 Å². The van der Waals surface area contributed by atoms with Gasteiger partial charge >= 0.3 is 12.1 Å². The van der Waals surface area contributed by atoms with Crippen molar-refractivity contribution in [3.05, 3.63) is 35.7 Å². The number of nitrogens with zero attached hydrogens (tertiary/aromatic N) is 4. The zero-order chi connectivity index (χ0) is 19.3. The van der Waals surface area contributed by atoms with Gasteiger partial charge in [-0.2, -0.15) is 4.68 Å². The molecule has 0 unspecified atom stereocenters. The van der Waals surface area contributed by atoms with Gasteiger partial charge in [0.2, 0.25) is 0 Å². The maximum absolute atomic E-state index is 12.2. The molecular formula is C18H23N5O4. The van der Waals surface area contributed by atoms with E-state index >= 15 is 0 Å². The summed E-state index contributed by atoms with van der Waals surface area (Å²) in [5.74, 6) is -0.00491. The number of aromatic nitrogens is 4. The van der Waals surface area contributed by atoms with Crippen molar-refractivity contribution in [1.82, 2.24) is 25.5 Å². The number of esters is 1. The summed E-state index contributed by atoms with van der Waals surface area (Å²) in [5.41, 5.74) is 0.0904. The number of ether oxygens (including phenoxy) is 2. The average Bonchev–Trinajstić information content (AvgIpc) is 3.18. The summed E-state index contributed by atoms with van der Waals surface area (Å²) in [6, 6.07) is 6.93. The van der Waals surface area contributed by atoms with E-state index in [0.717, 1.165) is 19.3 Å². The van der Waals surface area contributed by atoms with Gasteiger partial charge in [-0.15, -0.1) is 5.10 Å². The van der Waals surface area contributed by atoms with Gasteiger partial charge in [-0.25, -0.2) is 9.59 Å². The third kappa shape index (κ3) is 3.76. The minimum atomic E-state index is -0.753. The van der Waals surface area contributed by atoms with Crippen LogP contribution in [0.4, 0.5) is 4.79 Å². The van der Waals surface area contributed by atoms with E-state index in [1.54, 1.807) is 31.2 Å². The molecule has 0 saturated heterocycles. The number of para-hydroxylation sites is 1. The molecule has 0 aliphatic heterocycles. The summed E-state index contributed by atoms with van der Waals surface area (Å²) in [6.07, 6.45) is 3.80. The molecule has 0 atom stereocenters. The Morgan fingerprint density at radius 3 is 2.67 bits per heavy atom. The number of benzene rings is 1. The zero-order valence-corrected chi connectivity index (χ0v) is 15.5. The van der Waals surface area contributed by atoms with Crippen molar-refractivity contribution >= 4 is 12.1 Å². The van der Waals surface area contributed by atoms with Gasteiger partial charge in [0, 0.05) is 0 Å². The molecule has 1 fully saturated rings. The van der Waals surface area contributed by atoms with Crippen LogP contribution in [0.1, 0.15) is 55.2 Å². The maximum Gasteiger partial charge on any atom is 0.407 e. The van der Waals surface area contributed by atoms with Crippen molar-refractivity contribution in [2.24, 2.45) is 0 Å². The van der Waals surface area contributed by atoms with E-state index in [4.69, 9.17) is 9.47 Å². The molecule has 1 aliphatic carbocycles. The molecule has 3 rings (SSSR count). The SMILES string of the molecule is CCOC(=O)NC1(c2nnnn2-c2ccccc2C(=O)OC)CCCCC1. The summed E-state index contributed by atoms with van der Waals surface area (Å²) in [6.45, 7) is 2.03. The maximum atomic E-state index is 12.2. The van der Waals surface area contributed by atoms with Crippen molar-refractivity contribution in [3.8, 4) is 5.69 Å². The first-order valence-corrected chi connectivity index (χ1v) is 9.03. The molecule has 9 nitrogen and oxygen atoms in total. The monoisotopic (exact) mass is 373 g/mol. The molecule has 144 valence electrons. The lowest BCUT2D eigenvalue weighted by atomic mass is 9.81. The normalized spacial score (nSPS) is 15.8. The minimum absolute atomic E-state index is 0.276. The molecule has 0 bridgehead atoms. The fourth-order valence-corrected chi connectivity index (χ4v) is 3.51. The standard InChI is InChI=1S/C18H23N5O4/c1-3-27-17(25)19-18(11-7-4-8-12-18)16-20-21-22-23(16)14-10-6-5-9-13(14)15(24)26-2/h5-6,9-10H,3-4,7-8,11-12H2,1-2H3,(H,19,25). The number of hydrogen-bond acceptors (Lipinski definition) is 7. The Kier molecular flexibility index (Phi) is 5.68. The highest BCUT2D eigenvalue weighted by atomic mass is 16.5. The van der Waals surface area contributed by atoms with Crippen LogP contribution in [-0.2, 0) is 15.0 Å². The lowest BCUT2D eigenvalue weighted by molar-refractivity contribution is 0.0600. The Morgan fingerprint density at radius 2 is 1.96 bits per heavy atom. The number of carbonyl (C=O) groups excluding carboxylic acids is 2. The number of rotatable bonds is 5. The molecule has 1 aromatic heterocycles. The Hall–Kier alpha value is -2.97. The molecule has 1 saturated carbocycles. The van der Waals surface area contributed by atoms with Gasteiger partial charge in [-0.1, -0.05) is 31.4 Å². The first-order valence-electron chi connectivity index (χ1n) is 9.03. The number of nitrogens with one attached hydrogen (secondary N) is 1. The summed E-state index contributed by atoms with van der Waals surface area (Å²) in [5, 5.41) is 15.1. The van der Waals surface area contributed by atoms with Gasteiger partial charge in [-0.05, 0) is 42.3 Å². The van der Waals surface area contributed by atoms with E-state index < -0.39 is 17.6 Å². The Morgan fingerprint density at radius 1 is 1.22 bits per heavy atom. The number of alkyl carbamates (subject to hydrolysis) is 1. The van der Waals surface area contributed by atoms with Gasteiger partial charge in [0.1, 0.15) is 5.54 Å². The Balaban J connectivity index is 2.06. The van der Waals surface area contributed by atoms with Crippen LogP contribution < -0.4 is 5.32 Å². The van der Waals surface area contributed by atoms with E-state index in [-0.39, 0.29) is 6.61 Å². The predicted octanol–water partition coefficient (Wildman–Crippen LogP) is 2.35. The number of carbonyl (C=O) groups is 2. The number of methoxy groups -OCH3 is 1. The second-order valence-electron chi connectivity index (χ2n) is 6.41. The first kappa shape index (κ1) is 18.8. The fraction of sp³-hybridized carbons (Fsp3) is 0.500. The second kappa shape index (κ2) is 8.15. The fourth-order valence-electron chi connectivity index (χ4n) is 3.51. The summed E-state index contributed by atoms with van der Waals surface area (Å²) in [7, 11) is 1.32. The average molecular weight is 373 g/mol.